The molecule has 1 aromatic heterocycles. The minimum atomic E-state index is -0.773. The zero-order valence-corrected chi connectivity index (χ0v) is 10.1. The first kappa shape index (κ1) is 10.6. The quantitative estimate of drug-likeness (QED) is 0.845. The fourth-order valence-corrected chi connectivity index (χ4v) is 2.45. The Morgan fingerprint density at radius 2 is 2.13 bits per heavy atom. The highest BCUT2D eigenvalue weighted by atomic mass is 32.1. The number of aryl methyl sites for hydroxylation is 1. The van der Waals surface area contributed by atoms with Crippen molar-refractivity contribution < 1.29 is 5.11 Å². The molecule has 0 aliphatic rings. The van der Waals surface area contributed by atoms with Gasteiger partial charge in [-0.2, -0.15) is 0 Å². The van der Waals surface area contributed by atoms with Crippen molar-refractivity contribution >= 4 is 21.6 Å². The predicted octanol–water partition coefficient (Wildman–Crippen LogP) is 3.09. The minimum Gasteiger partial charge on any atom is -0.386 e. The molecule has 0 aliphatic heterocycles. The van der Waals surface area contributed by atoms with Crippen LogP contribution >= 0.6 is 11.3 Å². The maximum Gasteiger partial charge on any atom is 0.0935 e. The Labute approximate surface area is 93.6 Å². The van der Waals surface area contributed by atoms with E-state index in [1.165, 1.54) is 0 Å². The fraction of sp³-hybridized carbons (Fsp3) is 0.417. The number of aliphatic hydroxyl groups is 1. The SMILES string of the molecule is CCc1nc2ccc(C(C)(C)O)cc2s1. The fourth-order valence-electron chi connectivity index (χ4n) is 1.50. The van der Waals surface area contributed by atoms with Gasteiger partial charge in [-0.15, -0.1) is 11.3 Å². The highest BCUT2D eigenvalue weighted by Crippen LogP contribution is 2.28. The first-order valence-corrected chi connectivity index (χ1v) is 5.94. The van der Waals surface area contributed by atoms with E-state index in [-0.39, 0.29) is 0 Å². The van der Waals surface area contributed by atoms with Crippen molar-refractivity contribution in [2.75, 3.05) is 0 Å². The van der Waals surface area contributed by atoms with Crippen LogP contribution in [0.5, 0.6) is 0 Å². The van der Waals surface area contributed by atoms with Crippen molar-refractivity contribution in [3.8, 4) is 0 Å². The Morgan fingerprint density at radius 1 is 1.40 bits per heavy atom. The Hall–Kier alpha value is -0.930. The van der Waals surface area contributed by atoms with Gasteiger partial charge in [0.05, 0.1) is 20.8 Å². The van der Waals surface area contributed by atoms with Crippen LogP contribution in [0.3, 0.4) is 0 Å². The van der Waals surface area contributed by atoms with Gasteiger partial charge in [0, 0.05) is 0 Å². The van der Waals surface area contributed by atoms with Crippen molar-refractivity contribution in [1.82, 2.24) is 4.98 Å². The zero-order chi connectivity index (χ0) is 11.1. The third kappa shape index (κ3) is 2.03. The van der Waals surface area contributed by atoms with E-state index in [1.54, 1.807) is 25.2 Å². The molecule has 80 valence electrons. The molecule has 0 saturated carbocycles. The highest BCUT2D eigenvalue weighted by molar-refractivity contribution is 7.18. The van der Waals surface area contributed by atoms with E-state index in [0.29, 0.717) is 0 Å². The molecule has 3 heteroatoms. The van der Waals surface area contributed by atoms with E-state index in [1.807, 2.05) is 18.2 Å². The lowest BCUT2D eigenvalue weighted by Crippen LogP contribution is -2.14. The van der Waals surface area contributed by atoms with Crippen LogP contribution in [0.25, 0.3) is 10.2 Å². The van der Waals surface area contributed by atoms with Crippen LogP contribution in [0.15, 0.2) is 18.2 Å². The Balaban J connectivity index is 2.55. The number of hydrogen-bond donors (Lipinski definition) is 1. The molecule has 0 spiro atoms. The van der Waals surface area contributed by atoms with Gasteiger partial charge < -0.3 is 5.11 Å². The van der Waals surface area contributed by atoms with Gasteiger partial charge in [-0.1, -0.05) is 13.0 Å². The van der Waals surface area contributed by atoms with Crippen molar-refractivity contribution in [1.29, 1.82) is 0 Å². The smallest absolute Gasteiger partial charge is 0.0935 e. The molecule has 1 heterocycles. The largest absolute Gasteiger partial charge is 0.386 e. The number of hydrogen-bond acceptors (Lipinski definition) is 3. The van der Waals surface area contributed by atoms with Crippen LogP contribution in [0.2, 0.25) is 0 Å². The monoisotopic (exact) mass is 221 g/mol. The third-order valence-electron chi connectivity index (χ3n) is 2.44. The number of benzene rings is 1. The summed E-state index contributed by atoms with van der Waals surface area (Å²) in [6, 6.07) is 5.96. The number of rotatable bonds is 2. The first-order valence-electron chi connectivity index (χ1n) is 5.13. The molecule has 15 heavy (non-hydrogen) atoms. The minimum absolute atomic E-state index is 0.773. The van der Waals surface area contributed by atoms with Crippen LogP contribution in [-0.4, -0.2) is 10.1 Å². The molecule has 2 nitrogen and oxygen atoms in total. The molecule has 0 radical (unpaired) electrons. The zero-order valence-electron chi connectivity index (χ0n) is 9.24. The summed E-state index contributed by atoms with van der Waals surface area (Å²) in [7, 11) is 0. The molecule has 1 aromatic carbocycles. The van der Waals surface area contributed by atoms with Crippen molar-refractivity contribution in [3.05, 3.63) is 28.8 Å². The molecule has 0 aliphatic carbocycles. The van der Waals surface area contributed by atoms with Crippen LogP contribution in [0, 0.1) is 0 Å². The van der Waals surface area contributed by atoms with Gasteiger partial charge in [-0.05, 0) is 38.0 Å². The van der Waals surface area contributed by atoms with Gasteiger partial charge in [-0.3, -0.25) is 0 Å². The van der Waals surface area contributed by atoms with E-state index < -0.39 is 5.60 Å². The molecular formula is C12H15NOS. The van der Waals surface area contributed by atoms with Crippen molar-refractivity contribution in [2.24, 2.45) is 0 Å². The summed E-state index contributed by atoms with van der Waals surface area (Å²) in [5, 5.41) is 11.0. The van der Waals surface area contributed by atoms with Gasteiger partial charge in [-0.25, -0.2) is 4.98 Å². The summed E-state index contributed by atoms with van der Waals surface area (Å²) in [4.78, 5) is 4.49. The van der Waals surface area contributed by atoms with Gasteiger partial charge in [0.25, 0.3) is 0 Å². The van der Waals surface area contributed by atoms with Gasteiger partial charge in [0.2, 0.25) is 0 Å². The Kier molecular flexibility index (Phi) is 2.52. The Morgan fingerprint density at radius 3 is 2.73 bits per heavy atom. The standard InChI is InChI=1S/C12H15NOS/c1-4-11-13-9-6-5-8(12(2,3)14)7-10(9)15-11/h5-7,14H,4H2,1-3H3. The topological polar surface area (TPSA) is 33.1 Å². The summed E-state index contributed by atoms with van der Waals surface area (Å²) in [6.07, 6.45) is 0.969. The van der Waals surface area contributed by atoms with Crippen LogP contribution in [-0.2, 0) is 12.0 Å². The van der Waals surface area contributed by atoms with E-state index in [0.717, 1.165) is 27.2 Å². The summed E-state index contributed by atoms with van der Waals surface area (Å²) in [5.41, 5.74) is 1.20. The molecular weight excluding hydrogens is 206 g/mol. The lowest BCUT2D eigenvalue weighted by Gasteiger charge is -2.17. The molecule has 0 amide bonds. The normalized spacial score (nSPS) is 12.3. The van der Waals surface area contributed by atoms with Gasteiger partial charge in [0.1, 0.15) is 0 Å². The molecule has 0 atom stereocenters. The number of fused-ring (bicyclic) bond motifs is 1. The molecule has 0 fully saturated rings. The summed E-state index contributed by atoms with van der Waals surface area (Å²) < 4.78 is 1.16. The van der Waals surface area contributed by atoms with E-state index >= 15 is 0 Å². The molecule has 2 aromatic rings. The van der Waals surface area contributed by atoms with Crippen LogP contribution in [0.1, 0.15) is 31.3 Å². The van der Waals surface area contributed by atoms with Gasteiger partial charge in [0.15, 0.2) is 0 Å². The number of aromatic nitrogens is 1. The second kappa shape index (κ2) is 3.58. The number of nitrogens with zero attached hydrogens (tertiary/aromatic N) is 1. The molecule has 0 unspecified atom stereocenters. The average molecular weight is 221 g/mol. The van der Waals surface area contributed by atoms with E-state index in [9.17, 15) is 5.11 Å². The lowest BCUT2D eigenvalue weighted by molar-refractivity contribution is 0.0787. The van der Waals surface area contributed by atoms with Crippen LogP contribution < -0.4 is 0 Å². The highest BCUT2D eigenvalue weighted by Gasteiger charge is 2.16. The molecule has 1 N–H and O–H groups in total. The molecule has 2 rings (SSSR count). The van der Waals surface area contributed by atoms with Crippen molar-refractivity contribution in [3.63, 3.8) is 0 Å². The van der Waals surface area contributed by atoms with Crippen molar-refractivity contribution in [2.45, 2.75) is 32.8 Å². The second-order valence-electron chi connectivity index (χ2n) is 4.20. The average Bonchev–Trinajstić information content (AvgIpc) is 2.57. The molecule has 0 saturated heterocycles. The van der Waals surface area contributed by atoms with Crippen LogP contribution in [0.4, 0.5) is 0 Å². The summed E-state index contributed by atoms with van der Waals surface area (Å²) >= 11 is 1.71. The maximum absolute atomic E-state index is 9.90. The first-order chi connectivity index (χ1) is 7.00. The van der Waals surface area contributed by atoms with E-state index in [4.69, 9.17) is 0 Å². The predicted molar refractivity (Wildman–Crippen MR) is 64.2 cm³/mol. The second-order valence-corrected chi connectivity index (χ2v) is 5.32. The Bertz CT molecular complexity index is 482. The van der Waals surface area contributed by atoms with Gasteiger partial charge >= 0.3 is 0 Å². The number of thiazole rings is 1. The lowest BCUT2D eigenvalue weighted by atomic mass is 9.99. The third-order valence-corrected chi connectivity index (χ3v) is 3.60. The summed E-state index contributed by atoms with van der Waals surface area (Å²) in [6.45, 7) is 5.71. The molecule has 0 bridgehead atoms. The maximum atomic E-state index is 9.90. The van der Waals surface area contributed by atoms with E-state index in [2.05, 4.69) is 11.9 Å². The summed E-state index contributed by atoms with van der Waals surface area (Å²) in [5.74, 6) is 0.